The molecule has 0 spiro atoms. The van der Waals surface area contributed by atoms with Crippen molar-refractivity contribution in [3.05, 3.63) is 0 Å². The molecule has 0 aromatic heterocycles. The fourth-order valence-corrected chi connectivity index (χ4v) is 0.954. The Morgan fingerprint density at radius 3 is 2.33 bits per heavy atom. The lowest BCUT2D eigenvalue weighted by molar-refractivity contribution is -0.121. The number of hydrogen-bond donors (Lipinski definition) is 1. The Labute approximate surface area is 91.5 Å². The number of nitrogens with zero attached hydrogens (tertiary/aromatic N) is 1. The number of ether oxygens (including phenoxy) is 2. The van der Waals surface area contributed by atoms with Crippen molar-refractivity contribution in [2.75, 3.05) is 53.1 Å². The molecule has 0 saturated heterocycles. The van der Waals surface area contributed by atoms with Crippen LogP contribution >= 0.6 is 0 Å². The number of Topliss-reactive ketones (excluding diaryl/α,β-unsaturated/α-hetero) is 1. The van der Waals surface area contributed by atoms with Gasteiger partial charge in [-0.2, -0.15) is 0 Å². The predicted octanol–water partition coefficient (Wildman–Crippen LogP) is -0.501. The maximum atomic E-state index is 10.6. The van der Waals surface area contributed by atoms with Crippen LogP contribution in [0.15, 0.2) is 0 Å². The molecule has 5 heteroatoms. The predicted molar refractivity (Wildman–Crippen MR) is 58.9 cm³/mol. The van der Waals surface area contributed by atoms with Crippen LogP contribution in [0.3, 0.4) is 0 Å². The molecule has 2 N–H and O–H groups in total. The number of nitrogens with two attached hydrogens (primary N) is 1. The summed E-state index contributed by atoms with van der Waals surface area (Å²) in [5, 5.41) is 0. The van der Waals surface area contributed by atoms with Crippen molar-refractivity contribution in [2.45, 2.75) is 6.92 Å². The monoisotopic (exact) mass is 218 g/mol. The molecule has 0 aliphatic carbocycles. The van der Waals surface area contributed by atoms with Gasteiger partial charge in [0.2, 0.25) is 0 Å². The fraction of sp³-hybridized carbons (Fsp3) is 0.900. The first kappa shape index (κ1) is 14.5. The topological polar surface area (TPSA) is 64.8 Å². The summed E-state index contributed by atoms with van der Waals surface area (Å²) in [5.41, 5.74) is 5.28. The summed E-state index contributed by atoms with van der Waals surface area (Å²) in [4.78, 5) is 12.7. The number of ketones is 1. The van der Waals surface area contributed by atoms with Gasteiger partial charge in [0.15, 0.2) is 5.78 Å². The van der Waals surface area contributed by atoms with E-state index < -0.39 is 0 Å². The number of carbonyl (C=O) groups is 1. The van der Waals surface area contributed by atoms with Crippen molar-refractivity contribution < 1.29 is 14.3 Å². The van der Waals surface area contributed by atoms with Crippen LogP contribution in [0.25, 0.3) is 0 Å². The molecular formula is C10H22N2O3. The first-order chi connectivity index (χ1) is 7.16. The lowest BCUT2D eigenvalue weighted by Gasteiger charge is -2.16. The van der Waals surface area contributed by atoms with E-state index in [1.807, 2.05) is 7.05 Å². The number of likely N-dealkylation sites (N-methyl/N-ethyl adjacent to an activating group) is 1. The van der Waals surface area contributed by atoms with Gasteiger partial charge in [-0.15, -0.1) is 0 Å². The van der Waals surface area contributed by atoms with Crippen LogP contribution in [0.1, 0.15) is 6.92 Å². The summed E-state index contributed by atoms with van der Waals surface area (Å²) in [6.45, 7) is 5.80. The molecule has 0 aliphatic rings. The molecule has 0 fully saturated rings. The number of carbonyl (C=O) groups excluding carboxylic acids is 1. The third-order valence-electron chi connectivity index (χ3n) is 1.80. The van der Waals surface area contributed by atoms with Crippen LogP contribution in [-0.2, 0) is 14.3 Å². The summed E-state index contributed by atoms with van der Waals surface area (Å²) in [7, 11) is 1.99. The Balaban J connectivity index is 3.18. The van der Waals surface area contributed by atoms with Gasteiger partial charge >= 0.3 is 0 Å². The van der Waals surface area contributed by atoms with Gasteiger partial charge in [-0.1, -0.05) is 0 Å². The van der Waals surface area contributed by atoms with E-state index in [0.29, 0.717) is 26.4 Å². The Morgan fingerprint density at radius 1 is 1.20 bits per heavy atom. The molecule has 0 heterocycles. The zero-order chi connectivity index (χ0) is 11.5. The van der Waals surface area contributed by atoms with Crippen LogP contribution < -0.4 is 5.73 Å². The quantitative estimate of drug-likeness (QED) is 0.501. The van der Waals surface area contributed by atoms with Crippen molar-refractivity contribution >= 4 is 5.78 Å². The molecule has 0 bridgehead atoms. The molecule has 0 rings (SSSR count). The molecule has 0 aromatic carbocycles. The Hall–Kier alpha value is -0.490. The minimum Gasteiger partial charge on any atom is -0.379 e. The van der Waals surface area contributed by atoms with E-state index in [4.69, 9.17) is 15.2 Å². The Kier molecular flexibility index (Phi) is 9.71. The molecular weight excluding hydrogens is 196 g/mol. The summed E-state index contributed by atoms with van der Waals surface area (Å²) >= 11 is 0. The molecule has 0 saturated carbocycles. The van der Waals surface area contributed by atoms with E-state index in [-0.39, 0.29) is 12.4 Å². The lowest BCUT2D eigenvalue weighted by Crippen LogP contribution is -2.28. The van der Waals surface area contributed by atoms with Crippen molar-refractivity contribution in [3.8, 4) is 0 Å². The first-order valence-electron chi connectivity index (χ1n) is 5.20. The van der Waals surface area contributed by atoms with Crippen molar-refractivity contribution in [1.82, 2.24) is 4.90 Å². The van der Waals surface area contributed by atoms with Crippen LogP contribution in [0, 0.1) is 0 Å². The van der Waals surface area contributed by atoms with Crippen LogP contribution in [0.4, 0.5) is 0 Å². The van der Waals surface area contributed by atoms with E-state index in [0.717, 1.165) is 13.1 Å². The second-order valence-corrected chi connectivity index (χ2v) is 3.46. The summed E-state index contributed by atoms with van der Waals surface area (Å²) < 4.78 is 10.4. The molecule has 0 aliphatic heterocycles. The zero-order valence-corrected chi connectivity index (χ0v) is 9.70. The van der Waals surface area contributed by atoms with Gasteiger partial charge in [0.05, 0.1) is 19.8 Å². The van der Waals surface area contributed by atoms with Gasteiger partial charge < -0.3 is 20.1 Å². The van der Waals surface area contributed by atoms with Crippen LogP contribution in [0.2, 0.25) is 0 Å². The van der Waals surface area contributed by atoms with E-state index in [9.17, 15) is 4.79 Å². The molecule has 0 unspecified atom stereocenters. The third kappa shape index (κ3) is 11.4. The number of hydrogen-bond acceptors (Lipinski definition) is 5. The molecule has 15 heavy (non-hydrogen) atoms. The third-order valence-corrected chi connectivity index (χ3v) is 1.80. The molecule has 0 aromatic rings. The van der Waals surface area contributed by atoms with Crippen molar-refractivity contribution in [1.29, 1.82) is 0 Å². The molecule has 0 radical (unpaired) electrons. The maximum absolute atomic E-state index is 10.6. The average Bonchev–Trinajstić information content (AvgIpc) is 2.19. The SMILES string of the molecule is CC(=O)COCCN(C)CCOCCN. The Bertz CT molecular complexity index is 165. The normalized spacial score (nSPS) is 10.9. The summed E-state index contributed by atoms with van der Waals surface area (Å²) in [6.07, 6.45) is 0. The number of rotatable bonds is 10. The highest BCUT2D eigenvalue weighted by atomic mass is 16.5. The maximum Gasteiger partial charge on any atom is 0.155 e. The highest BCUT2D eigenvalue weighted by Gasteiger charge is 1.99. The van der Waals surface area contributed by atoms with Gasteiger partial charge in [-0.3, -0.25) is 4.79 Å². The summed E-state index contributed by atoms with van der Waals surface area (Å²) in [5.74, 6) is 0.0592. The van der Waals surface area contributed by atoms with E-state index in [2.05, 4.69) is 4.90 Å². The zero-order valence-electron chi connectivity index (χ0n) is 9.70. The second kappa shape index (κ2) is 10.0. The van der Waals surface area contributed by atoms with Crippen LogP contribution in [-0.4, -0.2) is 63.8 Å². The largest absolute Gasteiger partial charge is 0.379 e. The fourth-order valence-electron chi connectivity index (χ4n) is 0.954. The molecule has 5 nitrogen and oxygen atoms in total. The van der Waals surface area contributed by atoms with Crippen LogP contribution in [0.5, 0.6) is 0 Å². The van der Waals surface area contributed by atoms with E-state index in [1.54, 1.807) is 0 Å². The van der Waals surface area contributed by atoms with Gasteiger partial charge in [0.1, 0.15) is 6.61 Å². The minimum atomic E-state index is 0.0592. The van der Waals surface area contributed by atoms with Gasteiger partial charge in [0.25, 0.3) is 0 Å². The standard InChI is InChI=1S/C10H22N2O3/c1-10(13)9-15-8-5-12(2)4-7-14-6-3-11/h3-9,11H2,1-2H3. The smallest absolute Gasteiger partial charge is 0.155 e. The van der Waals surface area contributed by atoms with Gasteiger partial charge in [-0.05, 0) is 14.0 Å². The summed E-state index contributed by atoms with van der Waals surface area (Å²) in [6, 6.07) is 0. The van der Waals surface area contributed by atoms with E-state index in [1.165, 1.54) is 6.92 Å². The first-order valence-corrected chi connectivity index (χ1v) is 5.20. The highest BCUT2D eigenvalue weighted by molar-refractivity contribution is 5.76. The molecule has 0 atom stereocenters. The lowest BCUT2D eigenvalue weighted by atomic mass is 10.5. The minimum absolute atomic E-state index is 0.0592. The average molecular weight is 218 g/mol. The highest BCUT2D eigenvalue weighted by Crippen LogP contribution is 1.85. The molecule has 90 valence electrons. The van der Waals surface area contributed by atoms with E-state index >= 15 is 0 Å². The Morgan fingerprint density at radius 2 is 1.80 bits per heavy atom. The van der Waals surface area contributed by atoms with Crippen molar-refractivity contribution in [3.63, 3.8) is 0 Å². The molecule has 0 amide bonds. The second-order valence-electron chi connectivity index (χ2n) is 3.46. The van der Waals surface area contributed by atoms with Gasteiger partial charge in [-0.25, -0.2) is 0 Å². The van der Waals surface area contributed by atoms with Gasteiger partial charge in [0, 0.05) is 19.6 Å². The van der Waals surface area contributed by atoms with Crippen molar-refractivity contribution in [2.24, 2.45) is 5.73 Å².